The van der Waals surface area contributed by atoms with Gasteiger partial charge in [-0.2, -0.15) is 0 Å². The number of nitrogens with zero attached hydrogens (tertiary/aromatic N) is 2. The molecular weight excluding hydrogens is 200 g/mol. The van der Waals surface area contributed by atoms with Gasteiger partial charge in [0.2, 0.25) is 5.75 Å². The topological polar surface area (TPSA) is 85.5 Å². The molecule has 0 saturated heterocycles. The molecule has 0 aromatic carbocycles. The minimum atomic E-state index is -0.599. The lowest BCUT2D eigenvalue weighted by Gasteiger charge is -2.06. The van der Waals surface area contributed by atoms with Crippen LogP contribution in [0.1, 0.15) is 13.3 Å². The summed E-state index contributed by atoms with van der Waals surface area (Å²) in [4.78, 5) is 13.5. The lowest BCUT2D eigenvalue weighted by Crippen LogP contribution is -2.08. The van der Waals surface area contributed by atoms with Crippen molar-refractivity contribution in [3.63, 3.8) is 0 Å². The number of hydrogen-bond donors (Lipinski definition) is 1. The van der Waals surface area contributed by atoms with Gasteiger partial charge in [0.15, 0.2) is 0 Å². The summed E-state index contributed by atoms with van der Waals surface area (Å²) in [6, 6.07) is 3.04. The second kappa shape index (κ2) is 5.26. The fourth-order valence-corrected chi connectivity index (χ4v) is 0.971. The van der Waals surface area contributed by atoms with E-state index >= 15 is 0 Å². The van der Waals surface area contributed by atoms with Crippen molar-refractivity contribution in [2.75, 3.05) is 6.61 Å². The van der Waals surface area contributed by atoms with Crippen molar-refractivity contribution in [2.24, 2.45) is 0 Å². The Morgan fingerprint density at radius 2 is 2.47 bits per heavy atom. The molecule has 6 heteroatoms. The predicted octanol–water partition coefficient (Wildman–Crippen LogP) is 1.14. The first kappa shape index (κ1) is 11.4. The van der Waals surface area contributed by atoms with E-state index in [1.165, 1.54) is 12.3 Å². The van der Waals surface area contributed by atoms with Crippen LogP contribution in [0.25, 0.3) is 0 Å². The number of hydrogen-bond acceptors (Lipinski definition) is 5. The maximum absolute atomic E-state index is 10.5. The number of rotatable bonds is 5. The van der Waals surface area contributed by atoms with E-state index in [1.807, 2.05) is 0 Å². The van der Waals surface area contributed by atoms with Crippen molar-refractivity contribution in [2.45, 2.75) is 19.4 Å². The zero-order chi connectivity index (χ0) is 11.3. The molecule has 0 amide bonds. The molecule has 1 rings (SSSR count). The molecule has 6 nitrogen and oxygen atoms in total. The Kier molecular flexibility index (Phi) is 3.99. The zero-order valence-corrected chi connectivity index (χ0v) is 8.29. The first-order chi connectivity index (χ1) is 7.11. The fourth-order valence-electron chi connectivity index (χ4n) is 0.971. The smallest absolute Gasteiger partial charge is 0.406 e. The summed E-state index contributed by atoms with van der Waals surface area (Å²) >= 11 is 0. The van der Waals surface area contributed by atoms with Crippen LogP contribution in [0.4, 0.5) is 5.82 Å². The SMILES string of the molecule is CC(O)CCOc1cccnc1[N+](=O)[O-]. The number of nitro groups is 1. The van der Waals surface area contributed by atoms with Crippen molar-refractivity contribution >= 4 is 5.82 Å². The van der Waals surface area contributed by atoms with Crippen molar-refractivity contribution in [3.05, 3.63) is 28.4 Å². The van der Waals surface area contributed by atoms with Crippen molar-refractivity contribution in [1.82, 2.24) is 4.98 Å². The molecule has 0 aliphatic carbocycles. The van der Waals surface area contributed by atoms with E-state index < -0.39 is 11.0 Å². The van der Waals surface area contributed by atoms with Gasteiger partial charge in [0, 0.05) is 6.42 Å². The predicted molar refractivity (Wildman–Crippen MR) is 52.7 cm³/mol. The lowest BCUT2D eigenvalue weighted by molar-refractivity contribution is -0.390. The van der Waals surface area contributed by atoms with Gasteiger partial charge < -0.3 is 20.0 Å². The van der Waals surface area contributed by atoms with Crippen LogP contribution >= 0.6 is 0 Å². The van der Waals surface area contributed by atoms with E-state index in [1.54, 1.807) is 13.0 Å². The standard InChI is InChI=1S/C9H12N2O4/c1-7(12)4-6-15-8-3-2-5-10-9(8)11(13)14/h2-3,5,7,12H,4,6H2,1H3. The monoisotopic (exact) mass is 212 g/mol. The van der Waals surface area contributed by atoms with Crippen LogP contribution in [0, 0.1) is 10.1 Å². The van der Waals surface area contributed by atoms with Crippen molar-refractivity contribution in [3.8, 4) is 5.75 Å². The summed E-state index contributed by atoms with van der Waals surface area (Å²) in [5.74, 6) is -0.175. The van der Waals surface area contributed by atoms with Crippen LogP contribution in [-0.4, -0.2) is 27.7 Å². The maximum atomic E-state index is 10.5. The summed E-state index contributed by atoms with van der Waals surface area (Å²) < 4.78 is 5.15. The average molecular weight is 212 g/mol. The normalized spacial score (nSPS) is 12.1. The molecule has 0 bridgehead atoms. The van der Waals surface area contributed by atoms with Crippen LogP contribution in [-0.2, 0) is 0 Å². The average Bonchev–Trinajstić information content (AvgIpc) is 2.17. The minimum absolute atomic E-state index is 0.128. The van der Waals surface area contributed by atoms with Gasteiger partial charge in [-0.05, 0) is 29.0 Å². The molecule has 1 N–H and O–H groups in total. The van der Waals surface area contributed by atoms with E-state index in [2.05, 4.69) is 4.98 Å². The molecule has 1 aromatic rings. The molecule has 1 heterocycles. The van der Waals surface area contributed by atoms with Crippen LogP contribution in [0.5, 0.6) is 5.75 Å². The van der Waals surface area contributed by atoms with Gasteiger partial charge in [0.1, 0.15) is 6.20 Å². The summed E-state index contributed by atoms with van der Waals surface area (Å²) in [5, 5.41) is 19.5. The summed E-state index contributed by atoms with van der Waals surface area (Å²) in [5.41, 5.74) is 0. The van der Waals surface area contributed by atoms with E-state index in [0.29, 0.717) is 6.42 Å². The first-order valence-electron chi connectivity index (χ1n) is 4.51. The van der Waals surface area contributed by atoms with Gasteiger partial charge in [-0.1, -0.05) is 0 Å². The molecule has 1 unspecified atom stereocenters. The maximum Gasteiger partial charge on any atom is 0.406 e. The highest BCUT2D eigenvalue weighted by molar-refractivity contribution is 5.38. The Balaban J connectivity index is 2.63. The highest BCUT2D eigenvalue weighted by atomic mass is 16.6. The molecule has 1 atom stereocenters. The Hall–Kier alpha value is -1.69. The third kappa shape index (κ3) is 3.51. The number of aliphatic hydroxyl groups excluding tert-OH is 1. The molecule has 0 fully saturated rings. The minimum Gasteiger partial charge on any atom is -0.486 e. The van der Waals surface area contributed by atoms with Gasteiger partial charge in [0.05, 0.1) is 12.7 Å². The second-order valence-corrected chi connectivity index (χ2v) is 3.07. The summed E-state index contributed by atoms with van der Waals surface area (Å²) in [6.45, 7) is 1.85. The number of aromatic nitrogens is 1. The Bertz CT molecular complexity index is 341. The van der Waals surface area contributed by atoms with Gasteiger partial charge >= 0.3 is 5.82 Å². The quantitative estimate of drug-likeness (QED) is 0.584. The molecule has 1 aromatic heterocycles. The zero-order valence-electron chi connectivity index (χ0n) is 8.29. The Morgan fingerprint density at radius 1 is 1.73 bits per heavy atom. The molecule has 0 aliphatic heterocycles. The van der Waals surface area contributed by atoms with Gasteiger partial charge in [-0.3, -0.25) is 0 Å². The summed E-state index contributed by atoms with van der Waals surface area (Å²) in [7, 11) is 0. The third-order valence-electron chi connectivity index (χ3n) is 1.72. The first-order valence-corrected chi connectivity index (χ1v) is 4.51. The molecule has 0 aliphatic rings. The van der Waals surface area contributed by atoms with E-state index in [9.17, 15) is 10.1 Å². The molecule has 15 heavy (non-hydrogen) atoms. The van der Waals surface area contributed by atoms with E-state index in [4.69, 9.17) is 9.84 Å². The lowest BCUT2D eigenvalue weighted by atomic mass is 10.3. The van der Waals surface area contributed by atoms with Gasteiger partial charge in [0.25, 0.3) is 0 Å². The Labute approximate surface area is 86.7 Å². The number of pyridine rings is 1. The van der Waals surface area contributed by atoms with Crippen LogP contribution < -0.4 is 4.74 Å². The molecule has 82 valence electrons. The third-order valence-corrected chi connectivity index (χ3v) is 1.72. The van der Waals surface area contributed by atoms with Crippen LogP contribution in [0.3, 0.4) is 0 Å². The second-order valence-electron chi connectivity index (χ2n) is 3.07. The summed E-state index contributed by atoms with van der Waals surface area (Å²) in [6.07, 6.45) is 1.27. The van der Waals surface area contributed by atoms with Gasteiger partial charge in [-0.15, -0.1) is 0 Å². The van der Waals surface area contributed by atoms with Crippen LogP contribution in [0.2, 0.25) is 0 Å². The van der Waals surface area contributed by atoms with E-state index in [0.717, 1.165) is 0 Å². The molecule has 0 saturated carbocycles. The highest BCUT2D eigenvalue weighted by Gasteiger charge is 2.15. The molecule has 0 spiro atoms. The largest absolute Gasteiger partial charge is 0.486 e. The fraction of sp³-hybridized carbons (Fsp3) is 0.444. The number of ether oxygens (including phenoxy) is 1. The van der Waals surface area contributed by atoms with Crippen molar-refractivity contribution in [1.29, 1.82) is 0 Å². The van der Waals surface area contributed by atoms with Crippen LogP contribution in [0.15, 0.2) is 18.3 Å². The van der Waals surface area contributed by atoms with Gasteiger partial charge in [-0.25, -0.2) is 0 Å². The van der Waals surface area contributed by atoms with E-state index in [-0.39, 0.29) is 18.2 Å². The number of aliphatic hydroxyl groups is 1. The highest BCUT2D eigenvalue weighted by Crippen LogP contribution is 2.22. The molecular formula is C9H12N2O4. The van der Waals surface area contributed by atoms with Crippen molar-refractivity contribution < 1.29 is 14.8 Å². The Morgan fingerprint density at radius 3 is 3.07 bits per heavy atom. The molecule has 0 radical (unpaired) electrons.